The van der Waals surface area contributed by atoms with E-state index in [1.807, 2.05) is 18.7 Å². The van der Waals surface area contributed by atoms with E-state index in [0.717, 1.165) is 26.1 Å². The Morgan fingerprint density at radius 2 is 2.18 bits per heavy atom. The normalized spacial score (nSPS) is 13.0. The number of thiophene rings is 1. The van der Waals surface area contributed by atoms with Crippen molar-refractivity contribution in [3.8, 4) is 0 Å². The number of hydrogen-bond acceptors (Lipinski definition) is 3. The lowest BCUT2D eigenvalue weighted by Gasteiger charge is -2.09. The van der Waals surface area contributed by atoms with Gasteiger partial charge in [-0.15, -0.1) is 11.3 Å². The monoisotopic (exact) mass is 377 g/mol. The molecule has 0 fully saturated rings. The molecule has 2 heterocycles. The lowest BCUT2D eigenvalue weighted by Crippen LogP contribution is -2.14. The van der Waals surface area contributed by atoms with E-state index in [4.69, 9.17) is 5.73 Å². The fourth-order valence-electron chi connectivity index (χ4n) is 1.73. The van der Waals surface area contributed by atoms with Crippen LogP contribution in [0.15, 0.2) is 20.4 Å². The molecule has 3 nitrogen and oxygen atoms in total. The molecule has 0 spiro atoms. The van der Waals surface area contributed by atoms with Crippen LogP contribution in [0.25, 0.3) is 0 Å². The molecular weight excluding hydrogens is 366 g/mol. The van der Waals surface area contributed by atoms with E-state index < -0.39 is 0 Å². The van der Waals surface area contributed by atoms with E-state index in [1.165, 1.54) is 4.88 Å². The van der Waals surface area contributed by atoms with Crippen LogP contribution in [-0.4, -0.2) is 9.78 Å². The van der Waals surface area contributed by atoms with E-state index in [1.54, 1.807) is 11.3 Å². The molecule has 1 atom stereocenters. The van der Waals surface area contributed by atoms with Crippen molar-refractivity contribution in [3.63, 3.8) is 0 Å². The van der Waals surface area contributed by atoms with Gasteiger partial charge in [0.05, 0.1) is 9.48 Å². The number of hydrogen-bond donors (Lipinski definition) is 1. The standard InChI is InChI=1S/C11H13Br2N3S/c1-6-3-7(16(2)15-6)4-9(14)10-5-8(12)11(13)17-10/h3,5,9H,4,14H2,1-2H3. The minimum absolute atomic E-state index is 0.0115. The highest BCUT2D eigenvalue weighted by molar-refractivity contribution is 9.13. The maximum atomic E-state index is 6.22. The minimum Gasteiger partial charge on any atom is -0.323 e. The molecule has 2 N–H and O–H groups in total. The van der Waals surface area contributed by atoms with Gasteiger partial charge >= 0.3 is 0 Å². The molecule has 0 radical (unpaired) electrons. The van der Waals surface area contributed by atoms with E-state index in [-0.39, 0.29) is 6.04 Å². The van der Waals surface area contributed by atoms with Crippen LogP contribution in [0, 0.1) is 6.92 Å². The number of aryl methyl sites for hydroxylation is 2. The topological polar surface area (TPSA) is 43.8 Å². The first kappa shape index (κ1) is 13.3. The van der Waals surface area contributed by atoms with Gasteiger partial charge in [-0.05, 0) is 50.9 Å². The highest BCUT2D eigenvalue weighted by atomic mass is 79.9. The highest BCUT2D eigenvalue weighted by Gasteiger charge is 2.14. The van der Waals surface area contributed by atoms with Crippen molar-refractivity contribution in [1.29, 1.82) is 0 Å². The van der Waals surface area contributed by atoms with Gasteiger partial charge in [-0.1, -0.05) is 0 Å². The molecule has 17 heavy (non-hydrogen) atoms. The van der Waals surface area contributed by atoms with Gasteiger partial charge < -0.3 is 5.73 Å². The van der Waals surface area contributed by atoms with Crippen molar-refractivity contribution in [3.05, 3.63) is 36.7 Å². The molecule has 2 rings (SSSR count). The van der Waals surface area contributed by atoms with Gasteiger partial charge in [0.25, 0.3) is 0 Å². The number of nitrogens with two attached hydrogens (primary N) is 1. The maximum Gasteiger partial charge on any atom is 0.0843 e. The number of halogens is 2. The van der Waals surface area contributed by atoms with Crippen molar-refractivity contribution < 1.29 is 0 Å². The molecule has 2 aromatic rings. The first-order valence-corrected chi connectivity index (χ1v) is 7.57. The first-order valence-electron chi connectivity index (χ1n) is 5.17. The Kier molecular flexibility index (Phi) is 4.07. The van der Waals surface area contributed by atoms with Crippen molar-refractivity contribution >= 4 is 43.2 Å². The molecule has 0 aliphatic carbocycles. The van der Waals surface area contributed by atoms with Crippen LogP contribution in [0.3, 0.4) is 0 Å². The Bertz CT molecular complexity index is 513. The summed E-state index contributed by atoms with van der Waals surface area (Å²) in [5.41, 5.74) is 8.41. The molecule has 0 amide bonds. The van der Waals surface area contributed by atoms with Crippen LogP contribution in [0.2, 0.25) is 0 Å². The molecule has 0 aliphatic rings. The quantitative estimate of drug-likeness (QED) is 0.887. The van der Waals surface area contributed by atoms with E-state index in [2.05, 4.69) is 49.1 Å². The van der Waals surface area contributed by atoms with Gasteiger partial charge in [-0.25, -0.2) is 0 Å². The van der Waals surface area contributed by atoms with Crippen LogP contribution < -0.4 is 5.73 Å². The summed E-state index contributed by atoms with van der Waals surface area (Å²) in [6.45, 7) is 1.99. The molecule has 0 aliphatic heterocycles. The zero-order chi connectivity index (χ0) is 12.6. The third kappa shape index (κ3) is 2.99. The zero-order valence-electron chi connectivity index (χ0n) is 9.58. The largest absolute Gasteiger partial charge is 0.323 e. The van der Waals surface area contributed by atoms with Gasteiger partial charge in [-0.2, -0.15) is 5.10 Å². The zero-order valence-corrected chi connectivity index (χ0v) is 13.6. The van der Waals surface area contributed by atoms with Crippen LogP contribution in [-0.2, 0) is 13.5 Å². The van der Waals surface area contributed by atoms with Crippen LogP contribution in [0.4, 0.5) is 0 Å². The molecule has 0 aromatic carbocycles. The molecule has 0 saturated heterocycles. The summed E-state index contributed by atoms with van der Waals surface area (Å²) in [6.07, 6.45) is 0.802. The molecule has 92 valence electrons. The summed E-state index contributed by atoms with van der Waals surface area (Å²) in [6, 6.07) is 4.16. The average Bonchev–Trinajstić information content (AvgIpc) is 2.72. The fourth-order valence-corrected chi connectivity index (χ4v) is 3.82. The van der Waals surface area contributed by atoms with E-state index in [0.29, 0.717) is 0 Å². The Labute approximate surface area is 121 Å². The van der Waals surface area contributed by atoms with Gasteiger partial charge in [0.2, 0.25) is 0 Å². The average molecular weight is 379 g/mol. The minimum atomic E-state index is 0.0115. The maximum absolute atomic E-state index is 6.22. The third-order valence-electron chi connectivity index (χ3n) is 2.56. The van der Waals surface area contributed by atoms with Crippen molar-refractivity contribution in [2.24, 2.45) is 12.8 Å². The fraction of sp³-hybridized carbons (Fsp3) is 0.364. The van der Waals surface area contributed by atoms with E-state index in [9.17, 15) is 0 Å². The molecule has 0 saturated carbocycles. The number of nitrogens with zero attached hydrogens (tertiary/aromatic N) is 2. The lowest BCUT2D eigenvalue weighted by molar-refractivity contribution is 0.645. The summed E-state index contributed by atoms with van der Waals surface area (Å²) < 4.78 is 4.05. The Balaban J connectivity index is 2.16. The predicted molar refractivity (Wildman–Crippen MR) is 78.3 cm³/mol. The number of rotatable bonds is 3. The summed E-state index contributed by atoms with van der Waals surface area (Å²) >= 11 is 8.64. The van der Waals surface area contributed by atoms with Gasteiger partial charge in [0, 0.05) is 34.6 Å². The summed E-state index contributed by atoms with van der Waals surface area (Å²) in [4.78, 5) is 1.17. The lowest BCUT2D eigenvalue weighted by atomic mass is 10.1. The smallest absolute Gasteiger partial charge is 0.0843 e. The van der Waals surface area contributed by atoms with Gasteiger partial charge in [-0.3, -0.25) is 4.68 Å². The van der Waals surface area contributed by atoms with Crippen molar-refractivity contribution in [1.82, 2.24) is 9.78 Å². The van der Waals surface area contributed by atoms with Crippen molar-refractivity contribution in [2.75, 3.05) is 0 Å². The van der Waals surface area contributed by atoms with Gasteiger partial charge in [0.15, 0.2) is 0 Å². The van der Waals surface area contributed by atoms with Crippen LogP contribution in [0.5, 0.6) is 0 Å². The number of aromatic nitrogens is 2. The third-order valence-corrected chi connectivity index (χ3v) is 5.95. The Hall–Kier alpha value is -0.170. The molecule has 1 unspecified atom stereocenters. The Morgan fingerprint density at radius 3 is 2.65 bits per heavy atom. The predicted octanol–water partition coefficient (Wildman–Crippen LogP) is 3.56. The Morgan fingerprint density at radius 1 is 1.47 bits per heavy atom. The second-order valence-electron chi connectivity index (χ2n) is 3.98. The summed E-state index contributed by atoms with van der Waals surface area (Å²) in [5, 5.41) is 4.33. The van der Waals surface area contributed by atoms with Crippen LogP contribution >= 0.6 is 43.2 Å². The second kappa shape index (κ2) is 5.22. The second-order valence-corrected chi connectivity index (χ2v) is 7.24. The molecular formula is C11H13Br2N3S. The molecule has 2 aromatic heterocycles. The summed E-state index contributed by atoms with van der Waals surface area (Å²) in [7, 11) is 1.95. The van der Waals surface area contributed by atoms with Crippen molar-refractivity contribution in [2.45, 2.75) is 19.4 Å². The highest BCUT2D eigenvalue weighted by Crippen LogP contribution is 2.35. The van der Waals surface area contributed by atoms with E-state index >= 15 is 0 Å². The SMILES string of the molecule is Cc1cc(CC(N)c2cc(Br)c(Br)s2)n(C)n1. The molecule has 6 heteroatoms. The van der Waals surface area contributed by atoms with Gasteiger partial charge in [0.1, 0.15) is 0 Å². The summed E-state index contributed by atoms with van der Waals surface area (Å²) in [5.74, 6) is 0. The first-order chi connectivity index (χ1) is 7.97. The van der Waals surface area contributed by atoms with Crippen LogP contribution in [0.1, 0.15) is 22.3 Å². The molecule has 0 bridgehead atoms.